The van der Waals surface area contributed by atoms with Gasteiger partial charge in [-0.3, -0.25) is 28.8 Å². The largest absolute Gasteiger partial charge is 0.492 e. The Morgan fingerprint density at radius 3 is 2.09 bits per heavy atom. The number of nitrogens with zero attached hydrogens (tertiary/aromatic N) is 2. The number of unbranched alkanes of at least 4 members (excludes halogenated alkanes) is 8. The molecule has 1 heterocycles. The number of hydrogen-bond acceptors (Lipinski definition) is 13. The number of ether oxygens (including phenoxy) is 2. The molecule has 1 aliphatic heterocycles. The fraction of sp³-hybridized carbons (Fsp3) is 0.612. The first-order chi connectivity index (χ1) is 31.3. The number of rotatable bonds is 28. The second-order valence-electron chi connectivity index (χ2n) is 17.0. The molecule has 2 aromatic carbocycles. The normalized spacial score (nSPS) is 17.2. The smallest absolute Gasteiger partial charge is 0.226 e. The quantitative estimate of drug-likeness (QED) is 0.0649. The van der Waals surface area contributed by atoms with Crippen molar-refractivity contribution in [3.05, 3.63) is 47.5 Å². The second-order valence-corrected chi connectivity index (χ2v) is 17.0. The summed E-state index contributed by atoms with van der Waals surface area (Å²) >= 11 is 0. The number of nitrogens with one attached hydrogen (secondary N) is 2. The van der Waals surface area contributed by atoms with E-state index in [1.54, 1.807) is 43.3 Å². The van der Waals surface area contributed by atoms with Crippen LogP contribution in [-0.2, 0) is 35.2 Å². The van der Waals surface area contributed by atoms with Gasteiger partial charge in [0, 0.05) is 75.2 Å². The monoisotopic (exact) mass is 904 g/mol. The van der Waals surface area contributed by atoms with Crippen molar-refractivity contribution in [1.29, 1.82) is 5.26 Å². The van der Waals surface area contributed by atoms with Crippen molar-refractivity contribution in [3.8, 4) is 28.7 Å². The number of benzene rings is 2. The number of nitrogens with two attached hydrogens (primary N) is 3. The lowest BCUT2D eigenvalue weighted by atomic mass is 9.88. The van der Waals surface area contributed by atoms with Gasteiger partial charge in [-0.05, 0) is 61.2 Å². The Balaban J connectivity index is 2.01. The molecule has 0 fully saturated rings. The fourth-order valence-corrected chi connectivity index (χ4v) is 8.12. The lowest BCUT2D eigenvalue weighted by Gasteiger charge is -2.32. The van der Waals surface area contributed by atoms with Crippen LogP contribution in [0.3, 0.4) is 0 Å². The summed E-state index contributed by atoms with van der Waals surface area (Å²) in [4.78, 5) is 84.2. The maximum Gasteiger partial charge on any atom is 0.226 e. The molecule has 3 rings (SSSR count). The van der Waals surface area contributed by atoms with Crippen LogP contribution < -0.4 is 37.3 Å². The van der Waals surface area contributed by atoms with Crippen LogP contribution in [0.4, 0.5) is 0 Å². The van der Waals surface area contributed by atoms with Gasteiger partial charge in [0.15, 0.2) is 17.3 Å². The predicted molar refractivity (Wildman–Crippen MR) is 248 cm³/mol. The molecule has 358 valence electrons. The zero-order valence-electron chi connectivity index (χ0n) is 38.7. The molecule has 16 nitrogen and oxygen atoms in total. The van der Waals surface area contributed by atoms with Crippen molar-refractivity contribution in [2.24, 2.45) is 29.0 Å². The summed E-state index contributed by atoms with van der Waals surface area (Å²) in [5, 5.41) is 24.9. The molecule has 4 bridgehead atoms. The standard InChI is InChI=1S/C49H73N7O9/c1-4-5-6-7-8-9-10-11-12-15-46(61)54-40(32-57)42(59)31-36(20-22-51)49(63)56(3)47-35-17-19-45(65-26-24-53)38(30-35)37-28-34(16-18-44(37)64-25-23-52)29-39(41(58)14-13-21-50)55-48(62)33(2)27-43(47)60/h16-19,28,30,33,36,39-40,47,57H,4-15,20,22-27,29,31-32,51-53H2,1-3H3,(H,54,61)(H,55,62)/t33-,36-,39+,40+,47+/m1/s1. The van der Waals surface area contributed by atoms with E-state index in [1.807, 2.05) is 6.07 Å². The first kappa shape index (κ1) is 54.1. The van der Waals surface area contributed by atoms with Crippen molar-refractivity contribution in [3.63, 3.8) is 0 Å². The van der Waals surface area contributed by atoms with Crippen LogP contribution in [0.5, 0.6) is 11.5 Å². The first-order valence-corrected chi connectivity index (χ1v) is 23.4. The Kier molecular flexibility index (Phi) is 24.4. The van der Waals surface area contributed by atoms with Crippen LogP contribution in [-0.4, -0.2) is 104 Å². The second kappa shape index (κ2) is 29.4. The third kappa shape index (κ3) is 17.3. The zero-order valence-corrected chi connectivity index (χ0v) is 38.7. The Labute approximate surface area is 384 Å². The maximum absolute atomic E-state index is 14.6. The highest BCUT2D eigenvalue weighted by atomic mass is 16.5. The molecule has 3 amide bonds. The van der Waals surface area contributed by atoms with Gasteiger partial charge in [0.2, 0.25) is 17.7 Å². The summed E-state index contributed by atoms with van der Waals surface area (Å²) in [6.07, 6.45) is 9.24. The number of carbonyl (C=O) groups excluding carboxylic acids is 6. The summed E-state index contributed by atoms with van der Waals surface area (Å²) in [7, 11) is 1.45. The van der Waals surface area contributed by atoms with Gasteiger partial charge in [-0.2, -0.15) is 5.26 Å². The van der Waals surface area contributed by atoms with Crippen molar-refractivity contribution >= 4 is 35.1 Å². The van der Waals surface area contributed by atoms with E-state index in [2.05, 4.69) is 17.6 Å². The number of hydrogen-bond donors (Lipinski definition) is 6. The minimum Gasteiger partial charge on any atom is -0.492 e. The minimum atomic E-state index is -1.28. The molecule has 2 aromatic rings. The topological polar surface area (TPSA) is 270 Å². The minimum absolute atomic E-state index is 0.0234. The van der Waals surface area contributed by atoms with E-state index in [-0.39, 0.29) is 89.5 Å². The van der Waals surface area contributed by atoms with E-state index in [1.165, 1.54) is 44.1 Å². The molecule has 65 heavy (non-hydrogen) atoms. The SMILES string of the molecule is CCCCCCCCCCCC(=O)N[C@@H](CO)C(=O)C[C@@H](CCN)C(=O)N(C)[C@@H]1C(=O)C[C@@H](C)C(=O)N[C@H](C(=O)CCC#N)Cc2ccc(OCCN)c(c2)-c2cc1ccc2OCCN. The lowest BCUT2D eigenvalue weighted by Crippen LogP contribution is -2.47. The molecule has 1 aliphatic rings. The molecule has 5 atom stereocenters. The molecular weight excluding hydrogens is 831 g/mol. The van der Waals surface area contributed by atoms with E-state index in [0.29, 0.717) is 40.2 Å². The van der Waals surface area contributed by atoms with Gasteiger partial charge in [0.05, 0.1) is 18.7 Å². The highest BCUT2D eigenvalue weighted by Crippen LogP contribution is 2.41. The summed E-state index contributed by atoms with van der Waals surface area (Å²) in [5.41, 5.74) is 19.7. The van der Waals surface area contributed by atoms with E-state index < -0.39 is 59.9 Å². The Morgan fingerprint density at radius 1 is 0.877 bits per heavy atom. The van der Waals surface area contributed by atoms with Crippen LogP contribution in [0.15, 0.2) is 36.4 Å². The maximum atomic E-state index is 14.6. The van der Waals surface area contributed by atoms with Crippen LogP contribution >= 0.6 is 0 Å². The molecule has 0 saturated carbocycles. The van der Waals surface area contributed by atoms with Crippen molar-refractivity contribution in [1.82, 2.24) is 15.5 Å². The van der Waals surface area contributed by atoms with Crippen LogP contribution in [0, 0.1) is 23.2 Å². The molecule has 0 unspecified atom stereocenters. The van der Waals surface area contributed by atoms with Crippen LogP contribution in [0.25, 0.3) is 11.1 Å². The van der Waals surface area contributed by atoms with E-state index in [0.717, 1.165) is 19.3 Å². The zero-order chi connectivity index (χ0) is 47.7. The van der Waals surface area contributed by atoms with Crippen molar-refractivity contribution in [2.45, 2.75) is 135 Å². The fourth-order valence-electron chi connectivity index (χ4n) is 8.12. The van der Waals surface area contributed by atoms with Crippen molar-refractivity contribution in [2.75, 3.05) is 46.5 Å². The van der Waals surface area contributed by atoms with Gasteiger partial charge in [0.25, 0.3) is 0 Å². The number of fused-ring (bicyclic) bond motifs is 5. The summed E-state index contributed by atoms with van der Waals surface area (Å²) < 4.78 is 12.2. The number of aliphatic hydroxyl groups excluding tert-OH is 1. The Morgan fingerprint density at radius 2 is 1.49 bits per heavy atom. The number of ketones is 3. The lowest BCUT2D eigenvalue weighted by molar-refractivity contribution is -0.144. The number of Topliss-reactive ketones (excluding diaryl/α,β-unsaturated/α-hetero) is 3. The van der Waals surface area contributed by atoms with Gasteiger partial charge < -0.3 is 47.3 Å². The molecule has 16 heteroatoms. The van der Waals surface area contributed by atoms with E-state index in [9.17, 15) is 39.1 Å². The molecule has 0 aliphatic carbocycles. The molecule has 0 saturated heterocycles. The van der Waals surface area contributed by atoms with Gasteiger partial charge in [-0.15, -0.1) is 0 Å². The van der Waals surface area contributed by atoms with Gasteiger partial charge in [0.1, 0.15) is 36.8 Å². The molecule has 9 N–H and O–H groups in total. The Bertz CT molecular complexity index is 1920. The predicted octanol–water partition coefficient (Wildman–Crippen LogP) is 4.36. The molecule has 0 aromatic heterocycles. The highest BCUT2D eigenvalue weighted by molar-refractivity contribution is 5.97. The third-order valence-corrected chi connectivity index (χ3v) is 11.8. The third-order valence-electron chi connectivity index (χ3n) is 11.8. The van der Waals surface area contributed by atoms with Gasteiger partial charge >= 0.3 is 0 Å². The van der Waals surface area contributed by atoms with Crippen LogP contribution in [0.1, 0.15) is 127 Å². The summed E-state index contributed by atoms with van der Waals surface area (Å²) in [6, 6.07) is 8.76. The number of aliphatic hydroxyl groups is 1. The number of carbonyl (C=O) groups is 6. The number of nitriles is 1. The number of amides is 3. The van der Waals surface area contributed by atoms with Gasteiger partial charge in [-0.1, -0.05) is 77.3 Å². The van der Waals surface area contributed by atoms with E-state index >= 15 is 0 Å². The summed E-state index contributed by atoms with van der Waals surface area (Å²) in [6.45, 7) is 3.82. The first-order valence-electron chi connectivity index (χ1n) is 23.4. The molecular formula is C49H73N7O9. The average Bonchev–Trinajstić information content (AvgIpc) is 3.29. The van der Waals surface area contributed by atoms with Crippen LogP contribution in [0.2, 0.25) is 0 Å². The van der Waals surface area contributed by atoms with E-state index in [4.69, 9.17) is 26.7 Å². The molecule has 0 radical (unpaired) electrons. The van der Waals surface area contributed by atoms with Crippen molar-refractivity contribution < 1.29 is 43.3 Å². The summed E-state index contributed by atoms with van der Waals surface area (Å²) in [5.74, 6) is -4.07. The molecule has 0 spiro atoms. The van der Waals surface area contributed by atoms with Gasteiger partial charge in [-0.25, -0.2) is 0 Å². The highest BCUT2D eigenvalue weighted by Gasteiger charge is 2.37. The average molecular weight is 904 g/mol. The Hall–Kier alpha value is -5.21. The number of likely N-dealkylation sites (N-methyl/N-ethyl adjacent to an activating group) is 1.